The van der Waals surface area contributed by atoms with Crippen LogP contribution in [-0.2, 0) is 23.2 Å². The van der Waals surface area contributed by atoms with E-state index in [2.05, 4.69) is 25.3 Å². The summed E-state index contributed by atoms with van der Waals surface area (Å²) >= 11 is 1.05. The average Bonchev–Trinajstić information content (AvgIpc) is 3.40. The Morgan fingerprint density at radius 2 is 1.94 bits per heavy atom. The van der Waals surface area contributed by atoms with Crippen LogP contribution in [0.25, 0.3) is 10.7 Å². The summed E-state index contributed by atoms with van der Waals surface area (Å²) in [5, 5.41) is 4.73. The summed E-state index contributed by atoms with van der Waals surface area (Å²) in [4.78, 5) is 15.7. The molecule has 1 fully saturated rings. The monoisotopic (exact) mass is 473 g/mol. The standard InChI is InChI=1S/C17H18F3N7O2S2/c1-26-9-13(23-10-26)31(28,29)27-5-2-11(3-6-27)24-16-22-8-12(17(18,19)20)14(25-16)15-21-4-7-30-15/h4,7-11H,2-3,5-6H2,1H3,(H,22,24,25). The van der Waals surface area contributed by atoms with Crippen molar-refractivity contribution in [3.05, 3.63) is 35.9 Å². The van der Waals surface area contributed by atoms with Gasteiger partial charge in [0.25, 0.3) is 10.0 Å². The van der Waals surface area contributed by atoms with E-state index in [0.717, 1.165) is 17.5 Å². The number of aryl methyl sites for hydroxylation is 1. The van der Waals surface area contributed by atoms with Crippen molar-refractivity contribution in [1.82, 2.24) is 28.8 Å². The number of aromatic nitrogens is 5. The van der Waals surface area contributed by atoms with Crippen LogP contribution in [0.4, 0.5) is 19.1 Å². The Balaban J connectivity index is 1.47. The second-order valence-electron chi connectivity index (χ2n) is 6.99. The first-order chi connectivity index (χ1) is 14.6. The van der Waals surface area contributed by atoms with Gasteiger partial charge in [-0.05, 0) is 12.8 Å². The van der Waals surface area contributed by atoms with Gasteiger partial charge in [0.1, 0.15) is 16.3 Å². The molecule has 0 atom stereocenters. The molecule has 0 bridgehead atoms. The molecule has 1 saturated heterocycles. The Labute approximate surface area is 180 Å². The van der Waals surface area contributed by atoms with E-state index < -0.39 is 21.8 Å². The molecule has 3 aromatic heterocycles. The maximum atomic E-state index is 13.3. The zero-order valence-corrected chi connectivity index (χ0v) is 17.9. The topological polar surface area (TPSA) is 106 Å². The van der Waals surface area contributed by atoms with Crippen LogP contribution in [0.5, 0.6) is 0 Å². The normalized spacial score (nSPS) is 16.5. The van der Waals surface area contributed by atoms with Crippen molar-refractivity contribution in [3.63, 3.8) is 0 Å². The average molecular weight is 474 g/mol. The molecule has 0 aromatic carbocycles. The number of alkyl halides is 3. The van der Waals surface area contributed by atoms with Gasteiger partial charge in [0, 0.05) is 50.1 Å². The fraction of sp³-hybridized carbons (Fsp3) is 0.412. The molecule has 9 nitrogen and oxygen atoms in total. The number of thiazole rings is 1. The Morgan fingerprint density at radius 1 is 1.19 bits per heavy atom. The number of hydrogen-bond donors (Lipinski definition) is 1. The Morgan fingerprint density at radius 3 is 2.52 bits per heavy atom. The van der Waals surface area contributed by atoms with Crippen LogP contribution in [0, 0.1) is 0 Å². The number of halogens is 3. The SMILES string of the molecule is Cn1cnc(S(=O)(=O)N2CCC(Nc3ncc(C(F)(F)F)c(-c4nccs4)n3)CC2)c1. The molecule has 3 aromatic rings. The number of nitrogens with zero attached hydrogens (tertiary/aromatic N) is 6. The molecule has 4 rings (SSSR count). The highest BCUT2D eigenvalue weighted by Crippen LogP contribution is 2.36. The van der Waals surface area contributed by atoms with Crippen LogP contribution >= 0.6 is 11.3 Å². The van der Waals surface area contributed by atoms with Crippen molar-refractivity contribution in [2.24, 2.45) is 7.05 Å². The Kier molecular flexibility index (Phi) is 5.70. The van der Waals surface area contributed by atoms with Gasteiger partial charge in [-0.1, -0.05) is 0 Å². The fourth-order valence-electron chi connectivity index (χ4n) is 3.24. The van der Waals surface area contributed by atoms with Gasteiger partial charge in [-0.2, -0.15) is 17.5 Å². The maximum absolute atomic E-state index is 13.3. The van der Waals surface area contributed by atoms with E-state index in [0.29, 0.717) is 12.8 Å². The highest BCUT2D eigenvalue weighted by atomic mass is 32.2. The minimum Gasteiger partial charge on any atom is -0.351 e. The lowest BCUT2D eigenvalue weighted by atomic mass is 10.1. The summed E-state index contributed by atoms with van der Waals surface area (Å²) in [6.07, 6.45) is 1.30. The summed E-state index contributed by atoms with van der Waals surface area (Å²) in [5.74, 6) is 0.0456. The molecule has 4 heterocycles. The molecule has 1 aliphatic heterocycles. The molecule has 0 radical (unpaired) electrons. The Hall–Kier alpha value is -2.58. The van der Waals surface area contributed by atoms with Crippen LogP contribution in [0.2, 0.25) is 0 Å². The number of sulfonamides is 1. The van der Waals surface area contributed by atoms with Crippen molar-refractivity contribution < 1.29 is 21.6 Å². The van der Waals surface area contributed by atoms with Gasteiger partial charge in [-0.15, -0.1) is 11.3 Å². The molecule has 31 heavy (non-hydrogen) atoms. The molecule has 1 aliphatic rings. The summed E-state index contributed by atoms with van der Waals surface area (Å²) in [6, 6.07) is -0.184. The van der Waals surface area contributed by atoms with E-state index in [1.807, 2.05) is 0 Å². The van der Waals surface area contributed by atoms with Crippen LogP contribution in [0.3, 0.4) is 0 Å². The van der Waals surface area contributed by atoms with Gasteiger partial charge in [0.05, 0.1) is 6.33 Å². The van der Waals surface area contributed by atoms with Crippen molar-refractivity contribution in [1.29, 1.82) is 0 Å². The van der Waals surface area contributed by atoms with Gasteiger partial charge >= 0.3 is 6.18 Å². The molecule has 0 saturated carbocycles. The third-order valence-electron chi connectivity index (χ3n) is 4.80. The quantitative estimate of drug-likeness (QED) is 0.607. The predicted octanol–water partition coefficient (Wildman–Crippen LogP) is 2.62. The zero-order chi connectivity index (χ0) is 22.2. The molecule has 0 aliphatic carbocycles. The summed E-state index contributed by atoms with van der Waals surface area (Å²) in [6.45, 7) is 0.493. The highest BCUT2D eigenvalue weighted by Gasteiger charge is 2.36. The minimum atomic E-state index is -4.61. The molecular weight excluding hydrogens is 455 g/mol. The molecule has 0 unspecified atom stereocenters. The van der Waals surface area contributed by atoms with E-state index in [1.54, 1.807) is 17.0 Å². The van der Waals surface area contributed by atoms with E-state index >= 15 is 0 Å². The van der Waals surface area contributed by atoms with Crippen LogP contribution in [-0.4, -0.2) is 56.4 Å². The van der Waals surface area contributed by atoms with Gasteiger partial charge in [0.15, 0.2) is 5.03 Å². The molecular formula is C17H18F3N7O2S2. The number of rotatable bonds is 5. The lowest BCUT2D eigenvalue weighted by Gasteiger charge is -2.31. The minimum absolute atomic E-state index is 0.0134. The van der Waals surface area contributed by atoms with Crippen molar-refractivity contribution >= 4 is 27.3 Å². The van der Waals surface area contributed by atoms with Crippen molar-refractivity contribution in [2.45, 2.75) is 30.1 Å². The summed E-state index contributed by atoms with van der Waals surface area (Å²) in [5.41, 5.74) is -1.24. The largest absolute Gasteiger partial charge is 0.420 e. The predicted molar refractivity (Wildman–Crippen MR) is 107 cm³/mol. The van der Waals surface area contributed by atoms with Crippen molar-refractivity contribution in [2.75, 3.05) is 18.4 Å². The highest BCUT2D eigenvalue weighted by molar-refractivity contribution is 7.89. The van der Waals surface area contributed by atoms with Gasteiger partial charge < -0.3 is 9.88 Å². The van der Waals surface area contributed by atoms with E-state index in [9.17, 15) is 21.6 Å². The lowest BCUT2D eigenvalue weighted by molar-refractivity contribution is -0.137. The Bertz CT molecular complexity index is 1150. The number of hydrogen-bond acceptors (Lipinski definition) is 8. The van der Waals surface area contributed by atoms with Gasteiger partial charge in [0.2, 0.25) is 5.95 Å². The fourth-order valence-corrected chi connectivity index (χ4v) is 5.32. The van der Waals surface area contributed by atoms with Gasteiger partial charge in [-0.3, -0.25) is 0 Å². The molecule has 1 N–H and O–H groups in total. The first-order valence-corrected chi connectivity index (χ1v) is 11.6. The number of piperidine rings is 1. The second kappa shape index (κ2) is 8.16. The second-order valence-corrected chi connectivity index (χ2v) is 9.77. The van der Waals surface area contributed by atoms with Crippen molar-refractivity contribution in [3.8, 4) is 10.7 Å². The summed E-state index contributed by atoms with van der Waals surface area (Å²) in [7, 11) is -2.00. The first-order valence-electron chi connectivity index (χ1n) is 9.23. The van der Waals surface area contributed by atoms with Crippen LogP contribution in [0.1, 0.15) is 18.4 Å². The smallest absolute Gasteiger partial charge is 0.351 e. The number of nitrogens with one attached hydrogen (secondary N) is 1. The lowest BCUT2D eigenvalue weighted by Crippen LogP contribution is -2.42. The number of imidazole rings is 1. The third-order valence-corrected chi connectivity index (χ3v) is 7.37. The van der Waals surface area contributed by atoms with Gasteiger partial charge in [-0.25, -0.2) is 28.4 Å². The van der Waals surface area contributed by atoms with Crippen LogP contribution < -0.4 is 5.32 Å². The third kappa shape index (κ3) is 4.55. The van der Waals surface area contributed by atoms with E-state index in [1.165, 1.54) is 23.0 Å². The van der Waals surface area contributed by atoms with E-state index in [-0.39, 0.29) is 40.8 Å². The maximum Gasteiger partial charge on any atom is 0.420 e. The number of anilines is 1. The molecule has 14 heteroatoms. The zero-order valence-electron chi connectivity index (χ0n) is 16.2. The van der Waals surface area contributed by atoms with E-state index in [4.69, 9.17) is 0 Å². The summed E-state index contributed by atoms with van der Waals surface area (Å²) < 4.78 is 68.2. The molecule has 166 valence electrons. The molecule has 0 amide bonds. The molecule has 0 spiro atoms. The van der Waals surface area contributed by atoms with Crippen LogP contribution in [0.15, 0.2) is 35.3 Å². The first kappa shape index (κ1) is 21.6.